The Labute approximate surface area is 179 Å². The second-order valence-corrected chi connectivity index (χ2v) is 8.53. The van der Waals surface area contributed by atoms with Gasteiger partial charge in [-0.25, -0.2) is 9.97 Å². The van der Waals surface area contributed by atoms with E-state index in [1.807, 2.05) is 23.1 Å². The highest BCUT2D eigenvalue weighted by atomic mass is 32.1. The first-order valence-corrected chi connectivity index (χ1v) is 10.8. The van der Waals surface area contributed by atoms with Crippen LogP contribution in [0.25, 0.3) is 0 Å². The van der Waals surface area contributed by atoms with E-state index in [2.05, 4.69) is 27.4 Å². The second kappa shape index (κ2) is 8.79. The van der Waals surface area contributed by atoms with E-state index in [0.717, 1.165) is 18.6 Å². The summed E-state index contributed by atoms with van der Waals surface area (Å²) in [6.45, 7) is 4.48. The Balaban J connectivity index is 1.44. The number of benzene rings is 1. The number of aromatic nitrogens is 2. The van der Waals surface area contributed by atoms with Crippen LogP contribution in [0.3, 0.4) is 0 Å². The third kappa shape index (κ3) is 4.59. The van der Waals surface area contributed by atoms with Crippen molar-refractivity contribution in [2.75, 3.05) is 18.4 Å². The fraction of sp³-hybridized carbons (Fsp3) is 0.364. The van der Waals surface area contributed by atoms with Crippen molar-refractivity contribution in [3.8, 4) is 0 Å². The van der Waals surface area contributed by atoms with Crippen LogP contribution in [0.2, 0.25) is 0 Å². The maximum absolute atomic E-state index is 13.1. The van der Waals surface area contributed by atoms with Gasteiger partial charge in [-0.15, -0.1) is 0 Å². The lowest BCUT2D eigenvalue weighted by Crippen LogP contribution is -2.39. The van der Waals surface area contributed by atoms with Gasteiger partial charge in [0, 0.05) is 26.4 Å². The molecule has 0 aliphatic carbocycles. The Morgan fingerprint density at radius 3 is 2.87 bits per heavy atom. The molecule has 0 spiro atoms. The molecular formula is C22H24N4O3S. The summed E-state index contributed by atoms with van der Waals surface area (Å²) in [6, 6.07) is 10.1. The molecule has 2 aromatic heterocycles. The molecule has 4 rings (SSSR count). The summed E-state index contributed by atoms with van der Waals surface area (Å²) in [6.07, 6.45) is 4.32. The van der Waals surface area contributed by atoms with E-state index in [4.69, 9.17) is 4.42 Å². The molecule has 0 saturated carbocycles. The molecule has 1 atom stereocenters. The SMILES string of the molecule is CC(=O)Nc1nc(C)c(C(=O)N2CCCC(c3ncc(Cc4ccccc4)o3)C2)s1. The maximum Gasteiger partial charge on any atom is 0.265 e. The first-order chi connectivity index (χ1) is 14.5. The van der Waals surface area contributed by atoms with Gasteiger partial charge >= 0.3 is 0 Å². The number of amides is 2. The lowest BCUT2D eigenvalue weighted by atomic mass is 9.98. The molecule has 2 amide bonds. The average Bonchev–Trinajstić information content (AvgIpc) is 3.34. The molecule has 7 nitrogen and oxygen atoms in total. The van der Waals surface area contributed by atoms with Crippen LogP contribution < -0.4 is 5.32 Å². The highest BCUT2D eigenvalue weighted by molar-refractivity contribution is 7.17. The zero-order valence-corrected chi connectivity index (χ0v) is 17.9. The van der Waals surface area contributed by atoms with Crippen LogP contribution >= 0.6 is 11.3 Å². The fourth-order valence-corrected chi connectivity index (χ4v) is 4.68. The Hall–Kier alpha value is -3.00. The molecular weight excluding hydrogens is 400 g/mol. The molecule has 30 heavy (non-hydrogen) atoms. The van der Waals surface area contributed by atoms with Gasteiger partial charge in [-0.3, -0.25) is 9.59 Å². The van der Waals surface area contributed by atoms with Crippen LogP contribution in [0.1, 0.15) is 58.3 Å². The molecule has 1 saturated heterocycles. The number of nitrogens with one attached hydrogen (secondary N) is 1. The summed E-state index contributed by atoms with van der Waals surface area (Å²) in [5.41, 5.74) is 1.81. The standard InChI is InChI=1S/C22H24N4O3S/c1-14-19(30-22(24-14)25-15(2)27)21(28)26-10-6-9-17(13-26)20-23-12-18(29-20)11-16-7-4-3-5-8-16/h3-5,7-8,12,17H,6,9-11,13H2,1-2H3,(H,24,25,27). The first kappa shape index (κ1) is 20.3. The summed E-state index contributed by atoms with van der Waals surface area (Å²) in [4.78, 5) is 35.5. The van der Waals surface area contributed by atoms with Gasteiger partial charge in [0.15, 0.2) is 11.0 Å². The molecule has 1 aliphatic heterocycles. The van der Waals surface area contributed by atoms with Gasteiger partial charge in [-0.05, 0) is 25.3 Å². The largest absolute Gasteiger partial charge is 0.445 e. The number of likely N-dealkylation sites (tertiary alicyclic amines) is 1. The predicted molar refractivity (Wildman–Crippen MR) is 115 cm³/mol. The minimum Gasteiger partial charge on any atom is -0.445 e. The molecule has 1 aromatic carbocycles. The number of carbonyl (C=O) groups excluding carboxylic acids is 2. The van der Waals surface area contributed by atoms with Crippen molar-refractivity contribution in [3.63, 3.8) is 0 Å². The number of piperidine rings is 1. The second-order valence-electron chi connectivity index (χ2n) is 7.53. The van der Waals surface area contributed by atoms with Gasteiger partial charge in [0.05, 0.1) is 17.8 Å². The van der Waals surface area contributed by atoms with E-state index in [-0.39, 0.29) is 17.7 Å². The van der Waals surface area contributed by atoms with E-state index < -0.39 is 0 Å². The van der Waals surface area contributed by atoms with Gasteiger partial charge < -0.3 is 14.6 Å². The monoisotopic (exact) mass is 424 g/mol. The predicted octanol–water partition coefficient (Wildman–Crippen LogP) is 4.01. The number of nitrogens with zero attached hydrogens (tertiary/aromatic N) is 3. The maximum atomic E-state index is 13.1. The Morgan fingerprint density at radius 2 is 2.10 bits per heavy atom. The molecule has 1 aliphatic rings. The van der Waals surface area contributed by atoms with Crippen molar-refractivity contribution >= 4 is 28.3 Å². The summed E-state index contributed by atoms with van der Waals surface area (Å²) < 4.78 is 6.03. The number of hydrogen-bond acceptors (Lipinski definition) is 6. The zero-order valence-electron chi connectivity index (χ0n) is 17.1. The molecule has 156 valence electrons. The van der Waals surface area contributed by atoms with E-state index in [1.165, 1.54) is 23.8 Å². The molecule has 3 aromatic rings. The summed E-state index contributed by atoms with van der Waals surface area (Å²) in [5, 5.41) is 3.11. The number of rotatable bonds is 5. The molecule has 1 N–H and O–H groups in total. The summed E-state index contributed by atoms with van der Waals surface area (Å²) in [7, 11) is 0. The lowest BCUT2D eigenvalue weighted by molar-refractivity contribution is -0.114. The molecule has 0 radical (unpaired) electrons. The van der Waals surface area contributed by atoms with E-state index >= 15 is 0 Å². The molecule has 3 heterocycles. The number of carbonyl (C=O) groups is 2. The third-order valence-electron chi connectivity index (χ3n) is 5.12. The minimum absolute atomic E-state index is 0.0534. The Bertz CT molecular complexity index is 1040. The van der Waals surface area contributed by atoms with Crippen LogP contribution in [0.5, 0.6) is 0 Å². The third-order valence-corrected chi connectivity index (χ3v) is 6.19. The first-order valence-electron chi connectivity index (χ1n) is 10.0. The number of thiazole rings is 1. The topological polar surface area (TPSA) is 88.3 Å². The number of aryl methyl sites for hydroxylation is 1. The zero-order chi connectivity index (χ0) is 21.1. The van der Waals surface area contributed by atoms with E-state index in [9.17, 15) is 9.59 Å². The van der Waals surface area contributed by atoms with Crippen LogP contribution in [0, 0.1) is 6.92 Å². The van der Waals surface area contributed by atoms with Crippen molar-refractivity contribution in [1.82, 2.24) is 14.9 Å². The Morgan fingerprint density at radius 1 is 1.30 bits per heavy atom. The van der Waals surface area contributed by atoms with Crippen molar-refractivity contribution < 1.29 is 14.0 Å². The minimum atomic E-state index is -0.198. The van der Waals surface area contributed by atoms with Crippen molar-refractivity contribution in [2.45, 2.75) is 39.0 Å². The van der Waals surface area contributed by atoms with Crippen LogP contribution in [-0.4, -0.2) is 39.8 Å². The molecule has 1 fully saturated rings. The van der Waals surface area contributed by atoms with Gasteiger partial charge in [-0.2, -0.15) is 0 Å². The molecule has 1 unspecified atom stereocenters. The summed E-state index contributed by atoms with van der Waals surface area (Å²) >= 11 is 1.22. The van der Waals surface area contributed by atoms with Gasteiger partial charge in [0.25, 0.3) is 5.91 Å². The average molecular weight is 425 g/mol. The number of anilines is 1. The number of oxazole rings is 1. The lowest BCUT2D eigenvalue weighted by Gasteiger charge is -2.31. The Kier molecular flexibility index (Phi) is 5.94. The molecule has 0 bridgehead atoms. The van der Waals surface area contributed by atoms with Gasteiger partial charge in [-0.1, -0.05) is 41.7 Å². The van der Waals surface area contributed by atoms with Crippen LogP contribution in [0.15, 0.2) is 40.9 Å². The van der Waals surface area contributed by atoms with Crippen molar-refractivity contribution in [1.29, 1.82) is 0 Å². The highest BCUT2D eigenvalue weighted by Crippen LogP contribution is 2.30. The quantitative estimate of drug-likeness (QED) is 0.669. The smallest absolute Gasteiger partial charge is 0.265 e. The van der Waals surface area contributed by atoms with Gasteiger partial charge in [0.2, 0.25) is 5.91 Å². The molecule has 8 heteroatoms. The van der Waals surface area contributed by atoms with Crippen molar-refractivity contribution in [2.24, 2.45) is 0 Å². The van der Waals surface area contributed by atoms with Crippen molar-refractivity contribution in [3.05, 3.63) is 64.3 Å². The van der Waals surface area contributed by atoms with Gasteiger partial charge in [0.1, 0.15) is 10.6 Å². The highest BCUT2D eigenvalue weighted by Gasteiger charge is 2.30. The van der Waals surface area contributed by atoms with E-state index in [1.54, 1.807) is 13.1 Å². The normalized spacial score (nSPS) is 16.5. The number of hydrogen-bond donors (Lipinski definition) is 1. The van der Waals surface area contributed by atoms with Crippen LogP contribution in [-0.2, 0) is 11.2 Å². The van der Waals surface area contributed by atoms with Crippen LogP contribution in [0.4, 0.5) is 5.13 Å². The fourth-order valence-electron chi connectivity index (χ4n) is 3.70. The summed E-state index contributed by atoms with van der Waals surface area (Å²) in [5.74, 6) is 1.35. The van der Waals surface area contributed by atoms with E-state index in [0.29, 0.717) is 41.1 Å².